The highest BCUT2D eigenvalue weighted by Crippen LogP contribution is 2.13. The van der Waals surface area contributed by atoms with Gasteiger partial charge in [-0.05, 0) is 18.6 Å². The van der Waals surface area contributed by atoms with Gasteiger partial charge in [0, 0.05) is 17.5 Å². The lowest BCUT2D eigenvalue weighted by molar-refractivity contribution is 0.815. The van der Waals surface area contributed by atoms with Gasteiger partial charge in [0.25, 0.3) is 5.56 Å². The average Bonchev–Trinajstić information content (AvgIpc) is 2.18. The Bertz CT molecular complexity index is 352. The molecular weight excluding hydrogens is 228 g/mol. The first-order chi connectivity index (χ1) is 7.26. The third-order valence-corrected chi connectivity index (χ3v) is 3.10. The van der Waals surface area contributed by atoms with Crippen LogP contribution in [-0.4, -0.2) is 21.5 Å². The largest absolute Gasteiger partial charge is 0.301 e. The normalized spacial score (nSPS) is 10.5. The summed E-state index contributed by atoms with van der Waals surface area (Å²) in [4.78, 5) is 18.4. The Balaban J connectivity index is 2.66. The number of H-pyrrole nitrogens is 1. The standard InChI is InChI=1S/C10H16N2OS2/c1-2-4-8-7-9(13)12-10(11-8)15-6-3-5-14/h7,14H,2-6H2,1H3,(H,11,12,13). The van der Waals surface area contributed by atoms with Crippen LogP contribution in [0.4, 0.5) is 0 Å². The number of rotatable bonds is 6. The Morgan fingerprint density at radius 1 is 1.60 bits per heavy atom. The Kier molecular flexibility index (Phi) is 5.86. The summed E-state index contributed by atoms with van der Waals surface area (Å²) in [6.45, 7) is 2.08. The summed E-state index contributed by atoms with van der Waals surface area (Å²) in [6.07, 6.45) is 2.90. The van der Waals surface area contributed by atoms with Crippen LogP contribution in [0.1, 0.15) is 25.5 Å². The van der Waals surface area contributed by atoms with Gasteiger partial charge < -0.3 is 4.98 Å². The highest BCUT2D eigenvalue weighted by atomic mass is 32.2. The Labute approximate surface area is 99.5 Å². The van der Waals surface area contributed by atoms with E-state index in [9.17, 15) is 4.79 Å². The number of hydrogen-bond donors (Lipinski definition) is 2. The second-order valence-corrected chi connectivity index (χ2v) is 4.75. The number of aromatic nitrogens is 2. The topological polar surface area (TPSA) is 45.8 Å². The van der Waals surface area contributed by atoms with Crippen LogP contribution in [0.15, 0.2) is 16.0 Å². The molecule has 0 aliphatic carbocycles. The Morgan fingerprint density at radius 2 is 2.40 bits per heavy atom. The summed E-state index contributed by atoms with van der Waals surface area (Å²) in [5, 5.41) is 0.729. The minimum atomic E-state index is -0.0539. The van der Waals surface area contributed by atoms with Crippen molar-refractivity contribution >= 4 is 24.4 Å². The van der Waals surface area contributed by atoms with Gasteiger partial charge in [-0.2, -0.15) is 12.6 Å². The van der Waals surface area contributed by atoms with E-state index in [1.165, 1.54) is 0 Å². The van der Waals surface area contributed by atoms with Crippen molar-refractivity contribution in [2.45, 2.75) is 31.3 Å². The molecule has 3 nitrogen and oxygen atoms in total. The van der Waals surface area contributed by atoms with Gasteiger partial charge in [-0.1, -0.05) is 25.1 Å². The molecule has 5 heteroatoms. The summed E-state index contributed by atoms with van der Waals surface area (Å²) in [6, 6.07) is 1.58. The summed E-state index contributed by atoms with van der Waals surface area (Å²) in [5.74, 6) is 1.81. The average molecular weight is 244 g/mol. The molecule has 1 aromatic heterocycles. The van der Waals surface area contributed by atoms with Gasteiger partial charge >= 0.3 is 0 Å². The zero-order valence-corrected chi connectivity index (χ0v) is 10.5. The lowest BCUT2D eigenvalue weighted by Crippen LogP contribution is -2.10. The van der Waals surface area contributed by atoms with Crippen molar-refractivity contribution in [2.75, 3.05) is 11.5 Å². The molecule has 0 amide bonds. The number of thiol groups is 1. The highest BCUT2D eigenvalue weighted by Gasteiger charge is 2.00. The van der Waals surface area contributed by atoms with Gasteiger partial charge in [0.15, 0.2) is 5.16 Å². The zero-order valence-electron chi connectivity index (χ0n) is 8.82. The van der Waals surface area contributed by atoms with Crippen LogP contribution in [0.2, 0.25) is 0 Å². The highest BCUT2D eigenvalue weighted by molar-refractivity contribution is 7.99. The number of hydrogen-bond acceptors (Lipinski definition) is 4. The van der Waals surface area contributed by atoms with Crippen LogP contribution >= 0.6 is 24.4 Å². The van der Waals surface area contributed by atoms with E-state index in [0.29, 0.717) is 0 Å². The van der Waals surface area contributed by atoms with E-state index in [0.717, 1.165) is 41.6 Å². The number of aromatic amines is 1. The van der Waals surface area contributed by atoms with Crippen molar-refractivity contribution in [3.05, 3.63) is 22.1 Å². The molecule has 0 fully saturated rings. The molecule has 15 heavy (non-hydrogen) atoms. The van der Waals surface area contributed by atoms with Crippen LogP contribution in [0.3, 0.4) is 0 Å². The van der Waals surface area contributed by atoms with Crippen molar-refractivity contribution in [2.24, 2.45) is 0 Å². The Hall–Kier alpha value is -0.420. The minimum absolute atomic E-state index is 0.0539. The summed E-state index contributed by atoms with van der Waals surface area (Å²) < 4.78 is 0. The zero-order chi connectivity index (χ0) is 11.1. The molecule has 0 unspecified atom stereocenters. The van der Waals surface area contributed by atoms with E-state index >= 15 is 0 Å². The predicted octanol–water partition coefficient (Wildman–Crippen LogP) is 2.13. The molecular formula is C10H16N2OS2. The van der Waals surface area contributed by atoms with Crippen molar-refractivity contribution in [1.82, 2.24) is 9.97 Å². The summed E-state index contributed by atoms with van der Waals surface area (Å²) >= 11 is 5.72. The first kappa shape index (κ1) is 12.6. The van der Waals surface area contributed by atoms with Crippen molar-refractivity contribution in [3.8, 4) is 0 Å². The minimum Gasteiger partial charge on any atom is -0.301 e. The molecule has 84 valence electrons. The fraction of sp³-hybridized carbons (Fsp3) is 0.600. The molecule has 0 bridgehead atoms. The number of thioether (sulfide) groups is 1. The quantitative estimate of drug-likeness (QED) is 0.349. The van der Waals surface area contributed by atoms with Gasteiger partial charge in [-0.15, -0.1) is 0 Å². The predicted molar refractivity (Wildman–Crippen MR) is 68.0 cm³/mol. The van der Waals surface area contributed by atoms with Crippen LogP contribution in [0, 0.1) is 0 Å². The third kappa shape index (κ3) is 4.75. The molecule has 0 radical (unpaired) electrons. The van der Waals surface area contributed by atoms with Crippen molar-refractivity contribution in [1.29, 1.82) is 0 Å². The van der Waals surface area contributed by atoms with Crippen molar-refractivity contribution < 1.29 is 0 Å². The first-order valence-electron chi connectivity index (χ1n) is 5.10. The summed E-state index contributed by atoms with van der Waals surface area (Å²) in [7, 11) is 0. The molecule has 1 heterocycles. The van der Waals surface area contributed by atoms with E-state index in [1.54, 1.807) is 17.8 Å². The molecule has 0 saturated heterocycles. The molecule has 0 saturated carbocycles. The second-order valence-electron chi connectivity index (χ2n) is 3.22. The molecule has 1 N–H and O–H groups in total. The molecule has 0 aliphatic heterocycles. The number of aryl methyl sites for hydroxylation is 1. The fourth-order valence-electron chi connectivity index (χ4n) is 1.17. The molecule has 0 aliphatic rings. The van der Waals surface area contributed by atoms with Crippen molar-refractivity contribution in [3.63, 3.8) is 0 Å². The maximum atomic E-state index is 11.3. The Morgan fingerprint density at radius 3 is 3.07 bits per heavy atom. The number of nitrogens with one attached hydrogen (secondary N) is 1. The van der Waals surface area contributed by atoms with Gasteiger partial charge in [0.2, 0.25) is 0 Å². The second kappa shape index (κ2) is 6.95. The van der Waals surface area contributed by atoms with Gasteiger partial charge in [-0.25, -0.2) is 4.98 Å². The third-order valence-electron chi connectivity index (χ3n) is 1.82. The van der Waals surface area contributed by atoms with Crippen LogP contribution in [-0.2, 0) is 6.42 Å². The smallest absolute Gasteiger partial charge is 0.251 e. The van der Waals surface area contributed by atoms with Gasteiger partial charge in [0.05, 0.1) is 0 Å². The maximum Gasteiger partial charge on any atom is 0.251 e. The lowest BCUT2D eigenvalue weighted by Gasteiger charge is -2.02. The monoisotopic (exact) mass is 244 g/mol. The molecule has 0 atom stereocenters. The summed E-state index contributed by atoms with van der Waals surface area (Å²) in [5.41, 5.74) is 0.830. The number of nitrogens with zero attached hydrogens (tertiary/aromatic N) is 1. The van der Waals surface area contributed by atoms with Crippen LogP contribution in [0.5, 0.6) is 0 Å². The van der Waals surface area contributed by atoms with E-state index in [4.69, 9.17) is 0 Å². The van der Waals surface area contributed by atoms with E-state index in [-0.39, 0.29) is 5.56 Å². The SMILES string of the molecule is CCCc1cc(=O)[nH]c(SCCCS)n1. The molecule has 0 spiro atoms. The van der Waals surface area contributed by atoms with Gasteiger partial charge in [0.1, 0.15) is 0 Å². The van der Waals surface area contributed by atoms with E-state index in [2.05, 4.69) is 29.5 Å². The van der Waals surface area contributed by atoms with Crippen LogP contribution < -0.4 is 5.56 Å². The lowest BCUT2D eigenvalue weighted by atomic mass is 10.2. The van der Waals surface area contributed by atoms with E-state index < -0.39 is 0 Å². The van der Waals surface area contributed by atoms with Gasteiger partial charge in [-0.3, -0.25) is 4.79 Å². The van der Waals surface area contributed by atoms with E-state index in [1.807, 2.05) is 0 Å². The van der Waals surface area contributed by atoms with Crippen LogP contribution in [0.25, 0.3) is 0 Å². The molecule has 1 aromatic rings. The molecule has 1 rings (SSSR count). The fourth-order valence-corrected chi connectivity index (χ4v) is 2.38. The first-order valence-corrected chi connectivity index (χ1v) is 6.72. The maximum absolute atomic E-state index is 11.3. The molecule has 0 aromatic carbocycles.